The fourth-order valence-electron chi connectivity index (χ4n) is 1.41. The molecule has 1 rings (SSSR count). The number of nitrogens with one attached hydrogen (secondary N) is 1. The van der Waals surface area contributed by atoms with E-state index < -0.39 is 0 Å². The Morgan fingerprint density at radius 2 is 2.19 bits per heavy atom. The van der Waals surface area contributed by atoms with Gasteiger partial charge in [-0.3, -0.25) is 4.79 Å². The Bertz CT molecular complexity index is 364. The number of benzene rings is 1. The molecule has 0 heterocycles. The number of phenolic OH excluding ortho intramolecular Hbond substituents is 1. The van der Waals surface area contributed by atoms with Crippen LogP contribution in [0.4, 0.5) is 5.69 Å². The monoisotopic (exact) mass is 222 g/mol. The highest BCUT2D eigenvalue weighted by Gasteiger charge is 2.09. The summed E-state index contributed by atoms with van der Waals surface area (Å²) >= 11 is 0. The summed E-state index contributed by atoms with van der Waals surface area (Å²) in [4.78, 5) is 11.7. The quantitative estimate of drug-likeness (QED) is 0.404. The van der Waals surface area contributed by atoms with Crippen LogP contribution in [0.5, 0.6) is 5.75 Å². The molecular formula is C12H18N2O2. The van der Waals surface area contributed by atoms with Gasteiger partial charge < -0.3 is 16.2 Å². The van der Waals surface area contributed by atoms with E-state index in [-0.39, 0.29) is 11.7 Å². The Labute approximate surface area is 95.5 Å². The Hall–Kier alpha value is -1.71. The molecule has 4 N–H and O–H groups in total. The van der Waals surface area contributed by atoms with Gasteiger partial charge in [-0.1, -0.05) is 19.8 Å². The van der Waals surface area contributed by atoms with Crippen LogP contribution in [0.25, 0.3) is 0 Å². The number of anilines is 1. The number of hydrogen-bond donors (Lipinski definition) is 3. The van der Waals surface area contributed by atoms with Crippen LogP contribution in [0, 0.1) is 0 Å². The lowest BCUT2D eigenvalue weighted by Crippen LogP contribution is -2.25. The molecule has 4 heteroatoms. The number of carbonyl (C=O) groups excluding carboxylic acids is 1. The van der Waals surface area contributed by atoms with Crippen LogP contribution in [-0.2, 0) is 0 Å². The SMILES string of the molecule is CCCCCNC(=O)c1cc(O)ccc1N. The summed E-state index contributed by atoms with van der Waals surface area (Å²) in [6.45, 7) is 2.75. The minimum Gasteiger partial charge on any atom is -0.508 e. The van der Waals surface area contributed by atoms with Gasteiger partial charge in [-0.2, -0.15) is 0 Å². The van der Waals surface area contributed by atoms with Gasteiger partial charge in [0.1, 0.15) is 5.75 Å². The summed E-state index contributed by atoms with van der Waals surface area (Å²) in [5, 5.41) is 12.0. The highest BCUT2D eigenvalue weighted by molar-refractivity contribution is 5.99. The number of hydrogen-bond acceptors (Lipinski definition) is 3. The first-order valence-corrected chi connectivity index (χ1v) is 5.52. The topological polar surface area (TPSA) is 75.3 Å². The Morgan fingerprint density at radius 3 is 2.88 bits per heavy atom. The van der Waals surface area contributed by atoms with Gasteiger partial charge in [0.05, 0.1) is 5.56 Å². The Kier molecular flexibility index (Phi) is 4.64. The van der Waals surface area contributed by atoms with Gasteiger partial charge in [0.25, 0.3) is 5.91 Å². The zero-order valence-electron chi connectivity index (χ0n) is 9.49. The van der Waals surface area contributed by atoms with E-state index in [4.69, 9.17) is 5.73 Å². The van der Waals surface area contributed by atoms with Gasteiger partial charge in [0, 0.05) is 12.2 Å². The average Bonchev–Trinajstić information content (AvgIpc) is 2.27. The second kappa shape index (κ2) is 6.00. The number of phenols is 1. The minimum absolute atomic E-state index is 0.0490. The van der Waals surface area contributed by atoms with Gasteiger partial charge in [-0.05, 0) is 24.6 Å². The van der Waals surface area contributed by atoms with E-state index in [1.807, 2.05) is 0 Å². The van der Waals surface area contributed by atoms with Crippen molar-refractivity contribution in [3.8, 4) is 5.75 Å². The van der Waals surface area contributed by atoms with Crippen LogP contribution in [-0.4, -0.2) is 17.6 Å². The molecule has 0 saturated heterocycles. The predicted molar refractivity (Wildman–Crippen MR) is 64.4 cm³/mol. The molecule has 88 valence electrons. The Balaban J connectivity index is 2.55. The van der Waals surface area contributed by atoms with Gasteiger partial charge in [-0.15, -0.1) is 0 Å². The second-order valence-electron chi connectivity index (χ2n) is 3.73. The molecule has 0 atom stereocenters. The molecule has 0 aliphatic carbocycles. The van der Waals surface area contributed by atoms with Crippen LogP contribution in [0.3, 0.4) is 0 Å². The third-order valence-corrected chi connectivity index (χ3v) is 2.35. The molecule has 0 aromatic heterocycles. The molecule has 1 aromatic carbocycles. The van der Waals surface area contributed by atoms with E-state index in [0.717, 1.165) is 19.3 Å². The van der Waals surface area contributed by atoms with Crippen molar-refractivity contribution < 1.29 is 9.90 Å². The lowest BCUT2D eigenvalue weighted by molar-refractivity contribution is 0.0953. The van der Waals surface area contributed by atoms with Gasteiger partial charge >= 0.3 is 0 Å². The van der Waals surface area contributed by atoms with E-state index in [2.05, 4.69) is 12.2 Å². The van der Waals surface area contributed by atoms with Crippen LogP contribution in [0.2, 0.25) is 0 Å². The summed E-state index contributed by atoms with van der Waals surface area (Å²) in [7, 11) is 0. The maximum absolute atomic E-state index is 11.7. The van der Waals surface area contributed by atoms with Crippen molar-refractivity contribution >= 4 is 11.6 Å². The smallest absolute Gasteiger partial charge is 0.253 e. The van der Waals surface area contributed by atoms with Crippen LogP contribution in [0.1, 0.15) is 36.5 Å². The number of rotatable bonds is 5. The fourth-order valence-corrected chi connectivity index (χ4v) is 1.41. The van der Waals surface area contributed by atoms with Crippen molar-refractivity contribution in [1.29, 1.82) is 0 Å². The third-order valence-electron chi connectivity index (χ3n) is 2.35. The lowest BCUT2D eigenvalue weighted by atomic mass is 10.1. The number of unbranched alkanes of at least 4 members (excludes halogenated alkanes) is 2. The number of amides is 1. The largest absolute Gasteiger partial charge is 0.508 e. The maximum Gasteiger partial charge on any atom is 0.253 e. The lowest BCUT2D eigenvalue weighted by Gasteiger charge is -2.07. The molecule has 0 aliphatic rings. The molecule has 1 aromatic rings. The molecule has 16 heavy (non-hydrogen) atoms. The van der Waals surface area contributed by atoms with Crippen molar-refractivity contribution in [2.45, 2.75) is 26.2 Å². The van der Waals surface area contributed by atoms with Crippen LogP contribution < -0.4 is 11.1 Å². The normalized spacial score (nSPS) is 10.1. The Morgan fingerprint density at radius 1 is 1.44 bits per heavy atom. The van der Waals surface area contributed by atoms with E-state index in [9.17, 15) is 9.90 Å². The third kappa shape index (κ3) is 3.46. The number of aromatic hydroxyl groups is 1. The zero-order chi connectivity index (χ0) is 12.0. The summed E-state index contributed by atoms with van der Waals surface area (Å²) < 4.78 is 0. The molecule has 0 bridgehead atoms. The maximum atomic E-state index is 11.7. The number of nitrogen functional groups attached to an aromatic ring is 1. The molecule has 4 nitrogen and oxygen atoms in total. The zero-order valence-corrected chi connectivity index (χ0v) is 9.49. The predicted octanol–water partition coefficient (Wildman–Crippen LogP) is 1.89. The standard InChI is InChI=1S/C12H18N2O2/c1-2-3-4-7-14-12(16)10-8-9(15)5-6-11(10)13/h5-6,8,15H,2-4,7,13H2,1H3,(H,14,16). The van der Waals surface area contributed by atoms with Gasteiger partial charge in [0.15, 0.2) is 0 Å². The summed E-state index contributed by atoms with van der Waals surface area (Å²) in [6, 6.07) is 4.37. The first-order valence-electron chi connectivity index (χ1n) is 5.52. The summed E-state index contributed by atoms with van der Waals surface area (Å²) in [5.74, 6) is -0.183. The summed E-state index contributed by atoms with van der Waals surface area (Å²) in [5.41, 5.74) is 6.36. The molecule has 0 radical (unpaired) electrons. The van der Waals surface area contributed by atoms with E-state index in [1.165, 1.54) is 18.2 Å². The first kappa shape index (κ1) is 12.4. The van der Waals surface area contributed by atoms with Crippen LogP contribution >= 0.6 is 0 Å². The molecule has 0 fully saturated rings. The van der Waals surface area contributed by atoms with Crippen molar-refractivity contribution in [3.63, 3.8) is 0 Å². The van der Waals surface area contributed by atoms with Crippen LogP contribution in [0.15, 0.2) is 18.2 Å². The minimum atomic E-state index is -0.232. The van der Waals surface area contributed by atoms with E-state index in [0.29, 0.717) is 17.8 Å². The number of nitrogens with two attached hydrogens (primary N) is 1. The average molecular weight is 222 g/mol. The molecule has 0 unspecified atom stereocenters. The molecule has 0 aliphatic heterocycles. The van der Waals surface area contributed by atoms with E-state index in [1.54, 1.807) is 0 Å². The number of carbonyl (C=O) groups is 1. The first-order chi connectivity index (χ1) is 7.65. The fraction of sp³-hybridized carbons (Fsp3) is 0.417. The van der Waals surface area contributed by atoms with Gasteiger partial charge in [-0.25, -0.2) is 0 Å². The highest BCUT2D eigenvalue weighted by Crippen LogP contribution is 2.18. The van der Waals surface area contributed by atoms with Gasteiger partial charge in [0.2, 0.25) is 0 Å². The summed E-state index contributed by atoms with van der Waals surface area (Å²) in [6.07, 6.45) is 3.17. The molecule has 0 spiro atoms. The highest BCUT2D eigenvalue weighted by atomic mass is 16.3. The van der Waals surface area contributed by atoms with Crippen molar-refractivity contribution in [1.82, 2.24) is 5.32 Å². The van der Waals surface area contributed by atoms with Crippen molar-refractivity contribution in [2.24, 2.45) is 0 Å². The molecule has 0 saturated carbocycles. The van der Waals surface area contributed by atoms with E-state index >= 15 is 0 Å². The molecular weight excluding hydrogens is 204 g/mol. The second-order valence-corrected chi connectivity index (χ2v) is 3.73. The van der Waals surface area contributed by atoms with Crippen molar-refractivity contribution in [2.75, 3.05) is 12.3 Å². The molecule has 1 amide bonds. The van der Waals surface area contributed by atoms with Crippen molar-refractivity contribution in [3.05, 3.63) is 23.8 Å².